The summed E-state index contributed by atoms with van der Waals surface area (Å²) in [5, 5.41) is 34.3. The highest BCUT2D eigenvalue weighted by Gasteiger charge is 2.80. The summed E-state index contributed by atoms with van der Waals surface area (Å²) in [6.45, 7) is 11.6. The van der Waals surface area contributed by atoms with Gasteiger partial charge in [0.05, 0.1) is 17.8 Å². The van der Waals surface area contributed by atoms with Gasteiger partial charge in [-0.25, -0.2) is 0 Å². The summed E-state index contributed by atoms with van der Waals surface area (Å²) in [6.07, 6.45) is -1.16. The molecule has 3 fully saturated rings. The summed E-state index contributed by atoms with van der Waals surface area (Å²) in [5.74, 6) is -1.91. The number of carbonyl (C=O) groups is 2. The first-order valence-electron chi connectivity index (χ1n) is 9.91. The third-order valence-corrected chi connectivity index (χ3v) is 7.70. The molecule has 0 amide bonds. The lowest BCUT2D eigenvalue weighted by molar-refractivity contribution is -0.364. The molecule has 1 saturated heterocycles. The van der Waals surface area contributed by atoms with Gasteiger partial charge in [0, 0.05) is 24.7 Å². The quantitative estimate of drug-likeness (QED) is 0.474. The SMILES string of the molecule is C=C[C@@]1(C)CC(=O)[C@]2(O)[C@]3(C)[C@H](C(C)CC[C@@H]3O)[C@H](O)[C@H](OC(C)=O)[C@@]2(C)O1. The molecule has 2 aliphatic carbocycles. The van der Waals surface area contributed by atoms with Crippen LogP contribution in [0.5, 0.6) is 0 Å². The van der Waals surface area contributed by atoms with Crippen LogP contribution in [0.4, 0.5) is 0 Å². The Kier molecular flexibility index (Phi) is 4.87. The van der Waals surface area contributed by atoms with Crippen LogP contribution in [0, 0.1) is 17.3 Å². The molecule has 7 heteroatoms. The molecular formula is C21H32O7. The van der Waals surface area contributed by atoms with E-state index in [9.17, 15) is 24.9 Å². The number of fused-ring (bicyclic) bond motifs is 3. The summed E-state index contributed by atoms with van der Waals surface area (Å²) in [7, 11) is 0. The van der Waals surface area contributed by atoms with Gasteiger partial charge in [-0.3, -0.25) is 9.59 Å². The van der Waals surface area contributed by atoms with E-state index in [1.807, 2.05) is 6.92 Å². The molecule has 3 rings (SSSR count). The predicted molar refractivity (Wildman–Crippen MR) is 100 cm³/mol. The van der Waals surface area contributed by atoms with Crippen molar-refractivity contribution in [3.8, 4) is 0 Å². The van der Waals surface area contributed by atoms with Gasteiger partial charge in [-0.1, -0.05) is 19.9 Å². The Balaban J connectivity index is 2.29. The van der Waals surface area contributed by atoms with Crippen LogP contribution in [0.2, 0.25) is 0 Å². The van der Waals surface area contributed by atoms with Crippen LogP contribution in [0.25, 0.3) is 0 Å². The first-order valence-corrected chi connectivity index (χ1v) is 9.91. The molecule has 0 aromatic rings. The van der Waals surface area contributed by atoms with Crippen molar-refractivity contribution in [2.75, 3.05) is 0 Å². The standard InChI is InChI=1S/C21H32O7/c1-7-18(4)10-14(24)21(26)19(5)13(23)9-8-11(2)15(19)16(25)17(27-12(3)22)20(21,6)28-18/h7,11,13,15-17,23,25-26H,1,8-10H2,2-6H3/t11?,13-,15+,16-,17-,18-,19-,20+,21-/m0/s1. The molecule has 2 saturated carbocycles. The number of carbonyl (C=O) groups excluding carboxylic acids is 2. The summed E-state index contributed by atoms with van der Waals surface area (Å²) in [6, 6.07) is 0. The topological polar surface area (TPSA) is 113 Å². The van der Waals surface area contributed by atoms with E-state index in [2.05, 4.69) is 6.58 Å². The van der Waals surface area contributed by atoms with Crippen LogP contribution < -0.4 is 0 Å². The average molecular weight is 396 g/mol. The molecule has 0 aromatic heterocycles. The molecule has 0 spiro atoms. The highest BCUT2D eigenvalue weighted by atomic mass is 16.6. The summed E-state index contributed by atoms with van der Waals surface area (Å²) in [4.78, 5) is 25.3. The molecule has 7 nitrogen and oxygen atoms in total. The van der Waals surface area contributed by atoms with Gasteiger partial charge < -0.3 is 24.8 Å². The van der Waals surface area contributed by atoms with Gasteiger partial charge in [0.25, 0.3) is 0 Å². The smallest absolute Gasteiger partial charge is 0.303 e. The van der Waals surface area contributed by atoms with Gasteiger partial charge in [-0.2, -0.15) is 0 Å². The van der Waals surface area contributed by atoms with Gasteiger partial charge >= 0.3 is 5.97 Å². The van der Waals surface area contributed by atoms with Crippen LogP contribution in [0.3, 0.4) is 0 Å². The lowest BCUT2D eigenvalue weighted by Crippen LogP contribution is -2.86. The Labute approximate surface area is 165 Å². The van der Waals surface area contributed by atoms with E-state index in [1.165, 1.54) is 19.9 Å². The minimum atomic E-state index is -2.15. The molecule has 3 aliphatic rings. The second-order valence-electron chi connectivity index (χ2n) is 9.44. The van der Waals surface area contributed by atoms with Crippen LogP contribution in [-0.2, 0) is 19.1 Å². The maximum Gasteiger partial charge on any atom is 0.303 e. The molecule has 158 valence electrons. The van der Waals surface area contributed by atoms with Gasteiger partial charge in [0.1, 0.15) is 5.60 Å². The van der Waals surface area contributed by atoms with E-state index in [0.29, 0.717) is 12.8 Å². The number of aliphatic hydroxyl groups excluding tert-OH is 2. The molecule has 28 heavy (non-hydrogen) atoms. The Bertz CT molecular complexity index is 707. The number of aliphatic hydroxyl groups is 3. The van der Waals surface area contributed by atoms with E-state index in [1.54, 1.807) is 13.8 Å². The molecule has 0 bridgehead atoms. The zero-order chi connectivity index (χ0) is 21.3. The number of Topliss-reactive ketones (excluding diaryl/α,β-unsaturated/α-hetero) is 1. The first kappa shape index (κ1) is 21.4. The number of rotatable bonds is 2. The zero-order valence-electron chi connectivity index (χ0n) is 17.3. The fourth-order valence-corrected chi connectivity index (χ4v) is 6.29. The summed E-state index contributed by atoms with van der Waals surface area (Å²) < 4.78 is 11.7. The predicted octanol–water partition coefficient (Wildman–Crippen LogP) is 1.13. The first-order chi connectivity index (χ1) is 12.8. The fourth-order valence-electron chi connectivity index (χ4n) is 6.29. The number of ketones is 1. The van der Waals surface area contributed by atoms with Crippen molar-refractivity contribution >= 4 is 11.8 Å². The van der Waals surface area contributed by atoms with Crippen LogP contribution in [-0.4, -0.2) is 62.2 Å². The monoisotopic (exact) mass is 396 g/mol. The second-order valence-corrected chi connectivity index (χ2v) is 9.44. The van der Waals surface area contributed by atoms with E-state index in [-0.39, 0.29) is 12.3 Å². The average Bonchev–Trinajstić information content (AvgIpc) is 2.59. The van der Waals surface area contributed by atoms with Crippen molar-refractivity contribution < 1.29 is 34.4 Å². The van der Waals surface area contributed by atoms with Crippen LogP contribution in [0.15, 0.2) is 12.7 Å². The van der Waals surface area contributed by atoms with Crippen molar-refractivity contribution in [2.24, 2.45) is 17.3 Å². The molecule has 0 radical (unpaired) electrons. The maximum absolute atomic E-state index is 13.5. The largest absolute Gasteiger partial charge is 0.457 e. The Morgan fingerprint density at radius 3 is 2.43 bits per heavy atom. The molecule has 3 N–H and O–H groups in total. The summed E-state index contributed by atoms with van der Waals surface area (Å²) >= 11 is 0. The lowest BCUT2D eigenvalue weighted by atomic mass is 9.42. The molecule has 9 atom stereocenters. The number of hydrogen-bond acceptors (Lipinski definition) is 7. The third kappa shape index (κ3) is 2.43. The minimum Gasteiger partial charge on any atom is -0.457 e. The van der Waals surface area contributed by atoms with Crippen molar-refractivity contribution in [2.45, 2.75) is 89.0 Å². The zero-order valence-corrected chi connectivity index (χ0v) is 17.3. The van der Waals surface area contributed by atoms with Crippen molar-refractivity contribution in [1.29, 1.82) is 0 Å². The van der Waals surface area contributed by atoms with E-state index in [4.69, 9.17) is 9.47 Å². The molecule has 1 unspecified atom stereocenters. The maximum atomic E-state index is 13.5. The van der Waals surface area contributed by atoms with Crippen molar-refractivity contribution in [3.05, 3.63) is 12.7 Å². The van der Waals surface area contributed by atoms with E-state index >= 15 is 0 Å². The molecule has 1 aliphatic heterocycles. The Morgan fingerprint density at radius 1 is 1.29 bits per heavy atom. The third-order valence-electron chi connectivity index (χ3n) is 7.70. The second kappa shape index (κ2) is 6.36. The normalized spacial score (nSPS) is 53.7. The van der Waals surface area contributed by atoms with E-state index in [0.717, 1.165) is 0 Å². The minimum absolute atomic E-state index is 0.101. The summed E-state index contributed by atoms with van der Waals surface area (Å²) in [5.41, 5.74) is -6.39. The highest BCUT2D eigenvalue weighted by Crippen LogP contribution is 2.64. The van der Waals surface area contributed by atoms with E-state index < -0.39 is 58.2 Å². The molecular weight excluding hydrogens is 364 g/mol. The van der Waals surface area contributed by atoms with Crippen LogP contribution in [0.1, 0.15) is 53.9 Å². The molecule has 0 aromatic carbocycles. The highest BCUT2D eigenvalue weighted by molar-refractivity contribution is 5.92. The Morgan fingerprint density at radius 2 is 1.89 bits per heavy atom. The van der Waals surface area contributed by atoms with Gasteiger partial charge in [-0.05, 0) is 32.6 Å². The van der Waals surface area contributed by atoms with Crippen molar-refractivity contribution in [1.82, 2.24) is 0 Å². The van der Waals surface area contributed by atoms with Crippen LogP contribution >= 0.6 is 0 Å². The van der Waals surface area contributed by atoms with Gasteiger partial charge in [0.15, 0.2) is 17.5 Å². The van der Waals surface area contributed by atoms with Gasteiger partial charge in [-0.15, -0.1) is 6.58 Å². The molecule has 1 heterocycles. The lowest BCUT2D eigenvalue weighted by Gasteiger charge is -2.69. The number of ether oxygens (including phenoxy) is 2. The van der Waals surface area contributed by atoms with Gasteiger partial charge in [0.2, 0.25) is 0 Å². The fraction of sp³-hybridized carbons (Fsp3) is 0.810. The Hall–Kier alpha value is -1.28. The number of esters is 1. The number of hydrogen-bond donors (Lipinski definition) is 3. The van der Waals surface area contributed by atoms with Crippen molar-refractivity contribution in [3.63, 3.8) is 0 Å².